The molecular weight excluding hydrogens is 264 g/mol. The Morgan fingerprint density at radius 2 is 2.24 bits per heavy atom. The number of amides is 1. The summed E-state index contributed by atoms with van der Waals surface area (Å²) in [6.45, 7) is 6.31. The number of carbonyl (C=O) groups excluding carboxylic acids is 1. The highest BCUT2D eigenvalue weighted by atomic mass is 16.5. The van der Waals surface area contributed by atoms with E-state index >= 15 is 0 Å². The molecule has 2 atom stereocenters. The van der Waals surface area contributed by atoms with Gasteiger partial charge in [-0.1, -0.05) is 31.2 Å². The molecule has 0 saturated carbocycles. The summed E-state index contributed by atoms with van der Waals surface area (Å²) in [6, 6.07) is 8.69. The van der Waals surface area contributed by atoms with Crippen molar-refractivity contribution in [2.45, 2.75) is 45.3 Å². The van der Waals surface area contributed by atoms with E-state index in [2.05, 4.69) is 41.8 Å². The first-order valence-electron chi connectivity index (χ1n) is 7.90. The van der Waals surface area contributed by atoms with Crippen LogP contribution in [0.25, 0.3) is 0 Å². The van der Waals surface area contributed by atoms with Crippen LogP contribution < -0.4 is 10.6 Å². The van der Waals surface area contributed by atoms with Gasteiger partial charge in [-0.05, 0) is 30.9 Å². The lowest BCUT2D eigenvalue weighted by atomic mass is 9.97. The third kappa shape index (κ3) is 4.83. The largest absolute Gasteiger partial charge is 0.372 e. The van der Waals surface area contributed by atoms with Gasteiger partial charge in [0, 0.05) is 25.6 Å². The van der Waals surface area contributed by atoms with Crippen LogP contribution in [0.2, 0.25) is 0 Å². The summed E-state index contributed by atoms with van der Waals surface area (Å²) in [5, 5.41) is 6.31. The normalized spacial score (nSPS) is 18.9. The van der Waals surface area contributed by atoms with Crippen LogP contribution in [0, 0.1) is 0 Å². The molecule has 0 aliphatic carbocycles. The van der Waals surface area contributed by atoms with Gasteiger partial charge in [0.2, 0.25) is 5.91 Å². The Balaban J connectivity index is 1.71. The lowest BCUT2D eigenvalue weighted by molar-refractivity contribution is -0.121. The van der Waals surface area contributed by atoms with E-state index in [0.717, 1.165) is 26.0 Å². The third-order valence-electron chi connectivity index (χ3n) is 3.97. The van der Waals surface area contributed by atoms with Gasteiger partial charge >= 0.3 is 0 Å². The van der Waals surface area contributed by atoms with E-state index in [9.17, 15) is 4.79 Å². The van der Waals surface area contributed by atoms with Crippen molar-refractivity contribution in [3.63, 3.8) is 0 Å². The van der Waals surface area contributed by atoms with Crippen LogP contribution in [0.5, 0.6) is 0 Å². The summed E-state index contributed by atoms with van der Waals surface area (Å²) in [4.78, 5) is 11.7. The Kier molecular flexibility index (Phi) is 6.21. The highest BCUT2D eigenvalue weighted by Gasteiger charge is 2.19. The van der Waals surface area contributed by atoms with E-state index in [-0.39, 0.29) is 18.1 Å². The van der Waals surface area contributed by atoms with Gasteiger partial charge in [-0.3, -0.25) is 4.79 Å². The molecule has 1 aliphatic rings. The molecule has 1 amide bonds. The van der Waals surface area contributed by atoms with Crippen LogP contribution in [-0.4, -0.2) is 31.6 Å². The molecule has 2 unspecified atom stereocenters. The summed E-state index contributed by atoms with van der Waals surface area (Å²) in [6.07, 6.45) is 2.57. The van der Waals surface area contributed by atoms with Gasteiger partial charge in [0.05, 0.1) is 12.7 Å². The predicted molar refractivity (Wildman–Crippen MR) is 84.2 cm³/mol. The lowest BCUT2D eigenvalue weighted by Crippen LogP contribution is -2.35. The van der Waals surface area contributed by atoms with Gasteiger partial charge in [-0.25, -0.2) is 0 Å². The first-order valence-corrected chi connectivity index (χ1v) is 7.90. The van der Waals surface area contributed by atoms with E-state index in [0.29, 0.717) is 13.0 Å². The van der Waals surface area contributed by atoms with Gasteiger partial charge in [0.1, 0.15) is 0 Å². The average molecular weight is 290 g/mol. The summed E-state index contributed by atoms with van der Waals surface area (Å²) >= 11 is 0. The van der Waals surface area contributed by atoms with Gasteiger partial charge < -0.3 is 15.4 Å². The van der Waals surface area contributed by atoms with Crippen LogP contribution >= 0.6 is 0 Å². The molecule has 0 radical (unpaired) electrons. The zero-order chi connectivity index (χ0) is 15.1. The van der Waals surface area contributed by atoms with E-state index < -0.39 is 0 Å². The van der Waals surface area contributed by atoms with Crippen molar-refractivity contribution in [1.82, 2.24) is 10.6 Å². The number of rotatable bonds is 7. The summed E-state index contributed by atoms with van der Waals surface area (Å²) in [7, 11) is 0. The molecule has 0 saturated heterocycles. The fourth-order valence-electron chi connectivity index (χ4n) is 2.53. The first kappa shape index (κ1) is 16.0. The molecule has 4 nitrogen and oxygen atoms in total. The van der Waals surface area contributed by atoms with Crippen LogP contribution in [0.3, 0.4) is 0 Å². The maximum Gasteiger partial charge on any atom is 0.221 e. The Morgan fingerprint density at radius 1 is 1.43 bits per heavy atom. The highest BCUT2D eigenvalue weighted by Crippen LogP contribution is 2.26. The van der Waals surface area contributed by atoms with Crippen molar-refractivity contribution >= 4 is 5.91 Å². The molecule has 1 aromatic rings. The Hall–Kier alpha value is -1.39. The molecule has 0 fully saturated rings. The number of ether oxygens (including phenoxy) is 1. The fourth-order valence-corrected chi connectivity index (χ4v) is 2.53. The Morgan fingerprint density at radius 3 is 3.05 bits per heavy atom. The van der Waals surface area contributed by atoms with Gasteiger partial charge in [0.25, 0.3) is 0 Å². The summed E-state index contributed by atoms with van der Waals surface area (Å²) in [5.41, 5.74) is 2.66. The number of fused-ring (bicyclic) bond motifs is 1. The van der Waals surface area contributed by atoms with Crippen LogP contribution in [-0.2, 0) is 16.0 Å². The molecule has 2 rings (SSSR count). The molecule has 4 heteroatoms. The molecule has 1 aromatic carbocycles. The van der Waals surface area contributed by atoms with Crippen molar-refractivity contribution < 1.29 is 9.53 Å². The highest BCUT2D eigenvalue weighted by molar-refractivity contribution is 5.76. The van der Waals surface area contributed by atoms with Crippen molar-refractivity contribution in [1.29, 1.82) is 0 Å². The lowest BCUT2D eigenvalue weighted by Gasteiger charge is -2.26. The van der Waals surface area contributed by atoms with Crippen molar-refractivity contribution in [3.05, 3.63) is 35.4 Å². The number of nitrogens with one attached hydrogen (secondary N) is 2. The third-order valence-corrected chi connectivity index (χ3v) is 3.97. The quantitative estimate of drug-likeness (QED) is 0.757. The predicted octanol–water partition coefficient (Wildman–Crippen LogP) is 2.19. The standard InChI is InChI=1S/C17H26N2O2/c1-3-13(2)19-17(20)8-10-18-12-16-15-7-5-4-6-14(15)9-11-21-16/h4-7,13,16,18H,3,8-12H2,1-2H3,(H,19,20). The minimum absolute atomic E-state index is 0.104. The van der Waals surface area contributed by atoms with Crippen LogP contribution in [0.4, 0.5) is 0 Å². The van der Waals surface area contributed by atoms with Crippen LogP contribution in [0.15, 0.2) is 24.3 Å². The SMILES string of the molecule is CCC(C)NC(=O)CCNCC1OCCc2ccccc21. The fraction of sp³-hybridized carbons (Fsp3) is 0.588. The van der Waals surface area contributed by atoms with E-state index in [1.807, 2.05) is 6.92 Å². The molecule has 0 spiro atoms. The Labute approximate surface area is 127 Å². The molecule has 2 N–H and O–H groups in total. The monoisotopic (exact) mass is 290 g/mol. The average Bonchev–Trinajstić information content (AvgIpc) is 2.51. The zero-order valence-electron chi connectivity index (χ0n) is 13.0. The molecule has 1 aliphatic heterocycles. The van der Waals surface area contributed by atoms with Crippen LogP contribution in [0.1, 0.15) is 43.9 Å². The summed E-state index contributed by atoms with van der Waals surface area (Å²) in [5.74, 6) is 0.113. The summed E-state index contributed by atoms with van der Waals surface area (Å²) < 4.78 is 5.83. The van der Waals surface area contributed by atoms with E-state index in [1.165, 1.54) is 11.1 Å². The molecule has 21 heavy (non-hydrogen) atoms. The van der Waals surface area contributed by atoms with E-state index in [1.54, 1.807) is 0 Å². The molecule has 0 aromatic heterocycles. The second-order valence-corrected chi connectivity index (χ2v) is 5.64. The topological polar surface area (TPSA) is 50.4 Å². The minimum Gasteiger partial charge on any atom is -0.372 e. The second-order valence-electron chi connectivity index (χ2n) is 5.64. The second kappa shape index (κ2) is 8.15. The molecule has 116 valence electrons. The van der Waals surface area contributed by atoms with Crippen molar-refractivity contribution in [2.24, 2.45) is 0 Å². The minimum atomic E-state index is 0.104. The Bertz CT molecular complexity index is 462. The van der Waals surface area contributed by atoms with E-state index in [4.69, 9.17) is 4.74 Å². The first-order chi connectivity index (χ1) is 10.2. The van der Waals surface area contributed by atoms with Gasteiger partial charge in [-0.2, -0.15) is 0 Å². The molecular formula is C17H26N2O2. The number of carbonyl (C=O) groups is 1. The number of benzene rings is 1. The van der Waals surface area contributed by atoms with Crippen molar-refractivity contribution in [2.75, 3.05) is 19.7 Å². The maximum atomic E-state index is 11.7. The van der Waals surface area contributed by atoms with Gasteiger partial charge in [0.15, 0.2) is 0 Å². The smallest absolute Gasteiger partial charge is 0.221 e. The van der Waals surface area contributed by atoms with Crippen molar-refractivity contribution in [3.8, 4) is 0 Å². The molecule has 1 heterocycles. The molecule has 0 bridgehead atoms. The maximum absolute atomic E-state index is 11.7. The van der Waals surface area contributed by atoms with Gasteiger partial charge in [-0.15, -0.1) is 0 Å². The zero-order valence-corrected chi connectivity index (χ0v) is 13.0. The number of hydrogen-bond donors (Lipinski definition) is 2. The number of hydrogen-bond acceptors (Lipinski definition) is 3.